The first-order chi connectivity index (χ1) is 6.74. The summed E-state index contributed by atoms with van der Waals surface area (Å²) in [4.78, 5) is 1.45. The van der Waals surface area contributed by atoms with Crippen LogP contribution >= 0.6 is 11.3 Å². The molecule has 0 fully saturated rings. The maximum atomic E-state index is 3.29. The fraction of sp³-hybridized carbons (Fsp3) is 0.333. The third-order valence-corrected chi connectivity index (χ3v) is 4.16. The van der Waals surface area contributed by atoms with E-state index in [1.54, 1.807) is 0 Å². The minimum Gasteiger partial charge on any atom is -0.313 e. The summed E-state index contributed by atoms with van der Waals surface area (Å²) in [5.74, 6) is 0. The van der Waals surface area contributed by atoms with Crippen LogP contribution in [-0.2, 0) is 0 Å². The molecule has 0 bridgehead atoms. The maximum Gasteiger partial charge on any atom is 0.0386 e. The molecule has 74 valence electrons. The van der Waals surface area contributed by atoms with E-state index in [9.17, 15) is 0 Å². The van der Waals surface area contributed by atoms with Crippen LogP contribution in [0.3, 0.4) is 0 Å². The second kappa shape index (κ2) is 3.71. The average Bonchev–Trinajstić information content (AvgIpc) is 2.56. The Labute approximate surface area is 88.8 Å². The van der Waals surface area contributed by atoms with Crippen molar-refractivity contribution in [1.82, 2.24) is 5.32 Å². The molecule has 0 aliphatic heterocycles. The van der Waals surface area contributed by atoms with E-state index < -0.39 is 0 Å². The molecule has 1 atom stereocenters. The molecule has 2 heteroatoms. The van der Waals surface area contributed by atoms with Gasteiger partial charge in [-0.1, -0.05) is 18.2 Å². The quantitative estimate of drug-likeness (QED) is 0.791. The van der Waals surface area contributed by atoms with Gasteiger partial charge in [0.05, 0.1) is 0 Å². The van der Waals surface area contributed by atoms with Gasteiger partial charge in [-0.25, -0.2) is 0 Å². The number of hydrogen-bond acceptors (Lipinski definition) is 2. The number of rotatable bonds is 2. The molecule has 0 amide bonds. The highest BCUT2D eigenvalue weighted by Crippen LogP contribution is 2.34. The lowest BCUT2D eigenvalue weighted by molar-refractivity contribution is 0.661. The van der Waals surface area contributed by atoms with Gasteiger partial charge < -0.3 is 5.32 Å². The largest absolute Gasteiger partial charge is 0.313 e. The number of fused-ring (bicyclic) bond motifs is 1. The third-order valence-electron chi connectivity index (χ3n) is 2.71. The van der Waals surface area contributed by atoms with Gasteiger partial charge in [-0.3, -0.25) is 0 Å². The van der Waals surface area contributed by atoms with Crippen molar-refractivity contribution in [3.63, 3.8) is 0 Å². The van der Waals surface area contributed by atoms with Gasteiger partial charge in [0, 0.05) is 15.6 Å². The SMILES string of the molecule is CNC(C)c1sc2ccccc2c1C. The second-order valence-corrected chi connectivity index (χ2v) is 4.68. The van der Waals surface area contributed by atoms with Crippen molar-refractivity contribution in [3.05, 3.63) is 34.7 Å². The number of benzene rings is 1. The van der Waals surface area contributed by atoms with E-state index in [2.05, 4.69) is 43.4 Å². The highest BCUT2D eigenvalue weighted by molar-refractivity contribution is 7.19. The van der Waals surface area contributed by atoms with Crippen molar-refractivity contribution in [2.45, 2.75) is 19.9 Å². The van der Waals surface area contributed by atoms with Crippen molar-refractivity contribution in [2.24, 2.45) is 0 Å². The molecule has 0 spiro atoms. The summed E-state index contributed by atoms with van der Waals surface area (Å²) in [6, 6.07) is 9.06. The summed E-state index contributed by atoms with van der Waals surface area (Å²) in [5, 5.41) is 4.69. The fourth-order valence-electron chi connectivity index (χ4n) is 1.74. The molecular formula is C12H15NS. The van der Waals surface area contributed by atoms with E-state index in [4.69, 9.17) is 0 Å². The van der Waals surface area contributed by atoms with Crippen molar-refractivity contribution in [2.75, 3.05) is 7.05 Å². The Hall–Kier alpha value is -0.860. The third kappa shape index (κ3) is 1.45. The van der Waals surface area contributed by atoms with Gasteiger partial charge in [0.15, 0.2) is 0 Å². The van der Waals surface area contributed by atoms with Crippen LogP contribution in [-0.4, -0.2) is 7.05 Å². The first-order valence-corrected chi connectivity index (χ1v) is 5.71. The van der Waals surface area contributed by atoms with Crippen molar-refractivity contribution < 1.29 is 0 Å². The van der Waals surface area contributed by atoms with Gasteiger partial charge >= 0.3 is 0 Å². The molecule has 1 aromatic carbocycles. The molecule has 0 saturated heterocycles. The zero-order valence-electron chi connectivity index (χ0n) is 8.79. The summed E-state index contributed by atoms with van der Waals surface area (Å²) < 4.78 is 1.39. The van der Waals surface area contributed by atoms with Crippen LogP contribution < -0.4 is 5.32 Å². The van der Waals surface area contributed by atoms with Gasteiger partial charge in [-0.05, 0) is 37.9 Å². The van der Waals surface area contributed by atoms with E-state index in [0.717, 1.165) is 0 Å². The minimum absolute atomic E-state index is 0.451. The van der Waals surface area contributed by atoms with Crippen molar-refractivity contribution in [1.29, 1.82) is 0 Å². The van der Waals surface area contributed by atoms with E-state index in [0.29, 0.717) is 6.04 Å². The van der Waals surface area contributed by atoms with Gasteiger partial charge in [0.25, 0.3) is 0 Å². The van der Waals surface area contributed by atoms with E-state index in [1.165, 1.54) is 20.5 Å². The Morgan fingerprint density at radius 2 is 2.00 bits per heavy atom. The molecule has 1 unspecified atom stereocenters. The maximum absolute atomic E-state index is 3.29. The molecule has 0 radical (unpaired) electrons. The average molecular weight is 205 g/mol. The number of aryl methyl sites for hydroxylation is 1. The first-order valence-electron chi connectivity index (χ1n) is 4.89. The molecule has 1 aromatic heterocycles. The Kier molecular flexibility index (Phi) is 2.57. The first kappa shape index (κ1) is 9.69. The Morgan fingerprint density at radius 1 is 1.29 bits per heavy atom. The zero-order valence-corrected chi connectivity index (χ0v) is 9.61. The number of thiophene rings is 1. The monoisotopic (exact) mass is 205 g/mol. The molecule has 1 N–H and O–H groups in total. The molecular weight excluding hydrogens is 190 g/mol. The Morgan fingerprint density at radius 3 is 2.64 bits per heavy atom. The van der Waals surface area contributed by atoms with Crippen LogP contribution in [0.1, 0.15) is 23.4 Å². The minimum atomic E-state index is 0.451. The van der Waals surface area contributed by atoms with Crippen LogP contribution in [0.4, 0.5) is 0 Å². The van der Waals surface area contributed by atoms with Crippen molar-refractivity contribution in [3.8, 4) is 0 Å². The van der Waals surface area contributed by atoms with Gasteiger partial charge in [-0.2, -0.15) is 0 Å². The molecule has 2 rings (SSSR count). The lowest BCUT2D eigenvalue weighted by Gasteiger charge is -2.08. The smallest absolute Gasteiger partial charge is 0.0386 e. The van der Waals surface area contributed by atoms with Crippen LogP contribution in [0, 0.1) is 6.92 Å². The lowest BCUT2D eigenvalue weighted by atomic mass is 10.1. The molecule has 2 aromatic rings. The predicted octanol–water partition coefficient (Wildman–Crippen LogP) is 3.49. The molecule has 0 saturated carbocycles. The van der Waals surface area contributed by atoms with Crippen LogP contribution in [0.5, 0.6) is 0 Å². The van der Waals surface area contributed by atoms with E-state index >= 15 is 0 Å². The fourth-order valence-corrected chi connectivity index (χ4v) is 3.01. The Balaban J connectivity index is 2.62. The number of nitrogens with one attached hydrogen (secondary N) is 1. The highest BCUT2D eigenvalue weighted by Gasteiger charge is 2.11. The second-order valence-electron chi connectivity index (χ2n) is 3.60. The van der Waals surface area contributed by atoms with Gasteiger partial charge in [-0.15, -0.1) is 11.3 Å². The summed E-state index contributed by atoms with van der Waals surface area (Å²) in [5.41, 5.74) is 1.42. The molecule has 1 heterocycles. The normalized spacial score (nSPS) is 13.4. The van der Waals surface area contributed by atoms with Gasteiger partial charge in [0.1, 0.15) is 0 Å². The van der Waals surface area contributed by atoms with Gasteiger partial charge in [0.2, 0.25) is 0 Å². The van der Waals surface area contributed by atoms with Crippen LogP contribution in [0.15, 0.2) is 24.3 Å². The lowest BCUT2D eigenvalue weighted by Crippen LogP contribution is -2.11. The summed E-state index contributed by atoms with van der Waals surface area (Å²) in [7, 11) is 2.01. The molecule has 1 nitrogen and oxygen atoms in total. The summed E-state index contributed by atoms with van der Waals surface area (Å²) in [6.45, 7) is 4.42. The standard InChI is InChI=1S/C12H15NS/c1-8-10-6-4-5-7-11(10)14-12(8)9(2)13-3/h4-7,9,13H,1-3H3. The van der Waals surface area contributed by atoms with Crippen LogP contribution in [0.25, 0.3) is 10.1 Å². The summed E-state index contributed by atoms with van der Waals surface area (Å²) >= 11 is 1.89. The molecule has 0 aliphatic rings. The predicted molar refractivity (Wildman–Crippen MR) is 64.0 cm³/mol. The topological polar surface area (TPSA) is 12.0 Å². The highest BCUT2D eigenvalue weighted by atomic mass is 32.1. The summed E-state index contributed by atoms with van der Waals surface area (Å²) in [6.07, 6.45) is 0. The van der Waals surface area contributed by atoms with Crippen LogP contribution in [0.2, 0.25) is 0 Å². The number of hydrogen-bond donors (Lipinski definition) is 1. The van der Waals surface area contributed by atoms with Crippen molar-refractivity contribution >= 4 is 21.4 Å². The molecule has 0 aliphatic carbocycles. The zero-order chi connectivity index (χ0) is 10.1. The van der Waals surface area contributed by atoms with E-state index in [1.807, 2.05) is 18.4 Å². The van der Waals surface area contributed by atoms with E-state index in [-0.39, 0.29) is 0 Å². The Bertz CT molecular complexity index is 445. The molecule has 14 heavy (non-hydrogen) atoms.